The first kappa shape index (κ1) is 21.0. The molecule has 0 radical (unpaired) electrons. The standard InChI is InChI=1S/C21H28N2O3S/c1-15-8-9-18(4)20(14-15)23(27(5,25)26)10-6-7-21(24)22-19-12-16(2)11-17(3)13-19/h8-9,11-14H,6-7,10H2,1-5H3,(H,22,24). The van der Waals surface area contributed by atoms with Crippen LogP contribution in [-0.4, -0.2) is 27.1 Å². The summed E-state index contributed by atoms with van der Waals surface area (Å²) in [6, 6.07) is 11.6. The van der Waals surface area contributed by atoms with Gasteiger partial charge < -0.3 is 5.32 Å². The third kappa shape index (κ3) is 6.10. The van der Waals surface area contributed by atoms with Crippen LogP contribution in [0.2, 0.25) is 0 Å². The van der Waals surface area contributed by atoms with Crippen molar-refractivity contribution in [3.63, 3.8) is 0 Å². The lowest BCUT2D eigenvalue weighted by Crippen LogP contribution is -2.32. The maximum atomic E-state index is 12.3. The lowest BCUT2D eigenvalue weighted by molar-refractivity contribution is -0.116. The number of amides is 1. The van der Waals surface area contributed by atoms with Crippen LogP contribution in [0.1, 0.15) is 35.1 Å². The summed E-state index contributed by atoms with van der Waals surface area (Å²) in [6.45, 7) is 8.05. The van der Waals surface area contributed by atoms with E-state index in [1.165, 1.54) is 10.6 Å². The lowest BCUT2D eigenvalue weighted by atomic mass is 10.1. The van der Waals surface area contributed by atoms with E-state index in [0.29, 0.717) is 12.1 Å². The molecule has 0 saturated carbocycles. The summed E-state index contributed by atoms with van der Waals surface area (Å²) < 4.78 is 25.9. The number of nitrogens with zero attached hydrogens (tertiary/aromatic N) is 1. The number of hydrogen-bond donors (Lipinski definition) is 1. The molecular weight excluding hydrogens is 360 g/mol. The molecule has 6 heteroatoms. The highest BCUT2D eigenvalue weighted by Crippen LogP contribution is 2.24. The van der Waals surface area contributed by atoms with Crippen molar-refractivity contribution in [2.75, 3.05) is 22.4 Å². The van der Waals surface area contributed by atoms with Gasteiger partial charge in [-0.15, -0.1) is 0 Å². The number of benzene rings is 2. The minimum Gasteiger partial charge on any atom is -0.326 e. The van der Waals surface area contributed by atoms with E-state index in [4.69, 9.17) is 0 Å². The van der Waals surface area contributed by atoms with Crippen molar-refractivity contribution in [2.45, 2.75) is 40.5 Å². The van der Waals surface area contributed by atoms with Crippen LogP contribution in [0.15, 0.2) is 36.4 Å². The molecule has 0 saturated heterocycles. The van der Waals surface area contributed by atoms with Gasteiger partial charge in [-0.2, -0.15) is 0 Å². The van der Waals surface area contributed by atoms with Gasteiger partial charge in [0.25, 0.3) is 0 Å². The van der Waals surface area contributed by atoms with Crippen molar-refractivity contribution < 1.29 is 13.2 Å². The minimum atomic E-state index is -3.42. The van der Waals surface area contributed by atoms with E-state index in [0.717, 1.165) is 27.9 Å². The Balaban J connectivity index is 2.03. The summed E-state index contributed by atoms with van der Waals surface area (Å²) in [5, 5.41) is 2.89. The zero-order valence-electron chi connectivity index (χ0n) is 16.7. The summed E-state index contributed by atoms with van der Waals surface area (Å²) >= 11 is 0. The first-order valence-corrected chi connectivity index (χ1v) is 10.8. The minimum absolute atomic E-state index is 0.116. The predicted octanol–water partition coefficient (Wildman–Crippen LogP) is 4.11. The van der Waals surface area contributed by atoms with E-state index in [1.807, 2.05) is 64.1 Å². The summed E-state index contributed by atoms with van der Waals surface area (Å²) in [5.74, 6) is -0.116. The van der Waals surface area contributed by atoms with Crippen molar-refractivity contribution in [2.24, 2.45) is 0 Å². The topological polar surface area (TPSA) is 66.5 Å². The average molecular weight is 389 g/mol. The maximum Gasteiger partial charge on any atom is 0.232 e. The van der Waals surface area contributed by atoms with Gasteiger partial charge in [-0.3, -0.25) is 9.10 Å². The maximum absolute atomic E-state index is 12.3. The van der Waals surface area contributed by atoms with E-state index in [9.17, 15) is 13.2 Å². The molecule has 0 fully saturated rings. The third-order valence-corrected chi connectivity index (χ3v) is 5.48. The van der Waals surface area contributed by atoms with Gasteiger partial charge in [0.15, 0.2) is 0 Å². The molecule has 0 unspecified atom stereocenters. The molecule has 1 amide bonds. The molecule has 1 N–H and O–H groups in total. The number of nitrogens with one attached hydrogen (secondary N) is 1. The molecule has 0 aromatic heterocycles. The third-order valence-electron chi connectivity index (χ3n) is 4.30. The molecule has 0 spiro atoms. The molecule has 0 aliphatic heterocycles. The van der Waals surface area contributed by atoms with Crippen molar-refractivity contribution in [1.82, 2.24) is 0 Å². The Morgan fingerprint density at radius 1 is 0.963 bits per heavy atom. The lowest BCUT2D eigenvalue weighted by Gasteiger charge is -2.24. The molecule has 0 atom stereocenters. The molecule has 146 valence electrons. The molecular formula is C21H28N2O3S. The quantitative estimate of drug-likeness (QED) is 0.776. The Labute approximate surface area is 162 Å². The van der Waals surface area contributed by atoms with E-state index >= 15 is 0 Å². The number of rotatable bonds is 7. The fraction of sp³-hybridized carbons (Fsp3) is 0.381. The van der Waals surface area contributed by atoms with Gasteiger partial charge in [-0.05, 0) is 74.6 Å². The predicted molar refractivity (Wildman–Crippen MR) is 112 cm³/mol. The molecule has 0 bridgehead atoms. The fourth-order valence-electron chi connectivity index (χ4n) is 3.11. The molecule has 2 aromatic rings. The zero-order chi connectivity index (χ0) is 20.2. The van der Waals surface area contributed by atoms with Crippen LogP contribution in [0.4, 0.5) is 11.4 Å². The highest BCUT2D eigenvalue weighted by Gasteiger charge is 2.19. The van der Waals surface area contributed by atoms with Crippen molar-refractivity contribution >= 4 is 27.3 Å². The van der Waals surface area contributed by atoms with Crippen LogP contribution in [0.5, 0.6) is 0 Å². The second-order valence-corrected chi connectivity index (χ2v) is 9.06. The summed E-state index contributed by atoms with van der Waals surface area (Å²) in [4.78, 5) is 12.2. The smallest absolute Gasteiger partial charge is 0.232 e. The van der Waals surface area contributed by atoms with Gasteiger partial charge in [0.1, 0.15) is 0 Å². The summed E-state index contributed by atoms with van der Waals surface area (Å²) in [7, 11) is -3.42. The van der Waals surface area contributed by atoms with Crippen molar-refractivity contribution in [3.05, 3.63) is 58.7 Å². The first-order chi connectivity index (χ1) is 12.6. The van der Waals surface area contributed by atoms with E-state index in [-0.39, 0.29) is 18.9 Å². The highest BCUT2D eigenvalue weighted by molar-refractivity contribution is 7.92. The summed E-state index contributed by atoms with van der Waals surface area (Å²) in [6.07, 6.45) is 1.89. The molecule has 0 aliphatic carbocycles. The number of aryl methyl sites for hydroxylation is 4. The molecule has 0 aliphatic rings. The van der Waals surface area contributed by atoms with Gasteiger partial charge in [-0.25, -0.2) is 8.42 Å². The van der Waals surface area contributed by atoms with Crippen molar-refractivity contribution in [1.29, 1.82) is 0 Å². The zero-order valence-corrected chi connectivity index (χ0v) is 17.5. The molecule has 2 aromatic carbocycles. The normalized spacial score (nSPS) is 11.3. The second kappa shape index (κ2) is 8.57. The van der Waals surface area contributed by atoms with E-state index in [1.54, 1.807) is 0 Å². The van der Waals surface area contributed by atoms with E-state index < -0.39 is 10.0 Å². The number of sulfonamides is 1. The number of carbonyl (C=O) groups is 1. The molecule has 0 heterocycles. The Bertz CT molecular complexity index is 916. The monoisotopic (exact) mass is 388 g/mol. The number of hydrogen-bond acceptors (Lipinski definition) is 3. The van der Waals surface area contributed by atoms with Gasteiger partial charge in [0.2, 0.25) is 15.9 Å². The molecule has 5 nitrogen and oxygen atoms in total. The van der Waals surface area contributed by atoms with Gasteiger partial charge >= 0.3 is 0 Å². The van der Waals surface area contributed by atoms with E-state index in [2.05, 4.69) is 5.32 Å². The average Bonchev–Trinajstić information content (AvgIpc) is 2.52. The number of carbonyl (C=O) groups excluding carboxylic acids is 1. The van der Waals surface area contributed by atoms with Crippen molar-refractivity contribution in [3.8, 4) is 0 Å². The van der Waals surface area contributed by atoms with Gasteiger partial charge in [0, 0.05) is 18.7 Å². The second-order valence-electron chi connectivity index (χ2n) is 7.15. The van der Waals surface area contributed by atoms with Crippen LogP contribution in [0.3, 0.4) is 0 Å². The Morgan fingerprint density at radius 2 is 1.59 bits per heavy atom. The fourth-order valence-corrected chi connectivity index (χ4v) is 4.12. The highest BCUT2D eigenvalue weighted by atomic mass is 32.2. The molecule has 27 heavy (non-hydrogen) atoms. The summed E-state index contributed by atoms with van der Waals surface area (Å²) in [5.41, 5.74) is 5.51. The molecule has 2 rings (SSSR count). The van der Waals surface area contributed by atoms with Crippen LogP contribution in [0, 0.1) is 27.7 Å². The van der Waals surface area contributed by atoms with Crippen LogP contribution >= 0.6 is 0 Å². The Hall–Kier alpha value is -2.34. The number of anilines is 2. The SMILES string of the molecule is Cc1cc(C)cc(NC(=O)CCCN(c2cc(C)ccc2C)S(C)(=O)=O)c1. The van der Waals surface area contributed by atoms with Crippen LogP contribution in [-0.2, 0) is 14.8 Å². The Morgan fingerprint density at radius 3 is 2.19 bits per heavy atom. The largest absolute Gasteiger partial charge is 0.326 e. The van der Waals surface area contributed by atoms with Gasteiger partial charge in [-0.1, -0.05) is 18.2 Å². The van der Waals surface area contributed by atoms with Gasteiger partial charge in [0.05, 0.1) is 11.9 Å². The van der Waals surface area contributed by atoms with Crippen LogP contribution in [0.25, 0.3) is 0 Å². The Kier molecular flexibility index (Phi) is 6.65. The van der Waals surface area contributed by atoms with Crippen LogP contribution < -0.4 is 9.62 Å². The first-order valence-electron chi connectivity index (χ1n) is 8.99.